The zero-order valence-electron chi connectivity index (χ0n) is 17.5. The molecule has 3 aromatic rings. The van der Waals surface area contributed by atoms with Crippen molar-refractivity contribution in [2.75, 3.05) is 39.1 Å². The third-order valence-electron chi connectivity index (χ3n) is 5.84. The average molecular weight is 395 g/mol. The Hall–Kier alpha value is -2.67. The summed E-state index contributed by atoms with van der Waals surface area (Å²) in [4.78, 5) is 19.6. The van der Waals surface area contributed by atoms with Gasteiger partial charge in [-0.05, 0) is 70.8 Å². The topological polar surface area (TPSA) is 79.0 Å². The van der Waals surface area contributed by atoms with E-state index in [1.807, 2.05) is 31.3 Å². The van der Waals surface area contributed by atoms with Gasteiger partial charge in [-0.15, -0.1) is 0 Å². The van der Waals surface area contributed by atoms with Crippen LogP contribution < -0.4 is 10.1 Å². The third kappa shape index (κ3) is 4.67. The normalized spacial score (nSPS) is 15.7. The highest BCUT2D eigenvalue weighted by molar-refractivity contribution is 5.81. The number of piperidine rings is 1. The van der Waals surface area contributed by atoms with E-state index in [-0.39, 0.29) is 0 Å². The van der Waals surface area contributed by atoms with Gasteiger partial charge >= 0.3 is 0 Å². The zero-order valence-corrected chi connectivity index (χ0v) is 17.5. The number of H-pyrrole nitrogens is 1. The molecule has 0 spiro atoms. The van der Waals surface area contributed by atoms with Crippen LogP contribution in [0, 0.1) is 12.8 Å². The molecule has 1 fully saturated rings. The van der Waals surface area contributed by atoms with Gasteiger partial charge in [0.05, 0.1) is 29.4 Å². The summed E-state index contributed by atoms with van der Waals surface area (Å²) >= 11 is 0. The van der Waals surface area contributed by atoms with E-state index >= 15 is 0 Å². The second kappa shape index (κ2) is 8.78. The molecule has 154 valence electrons. The average Bonchev–Trinajstić information content (AvgIpc) is 3.15. The number of likely N-dealkylation sites (tertiary alicyclic amines) is 1. The molecule has 4 rings (SSSR count). The molecule has 1 aliphatic rings. The number of nitrogens with zero attached hydrogens (tertiary/aromatic N) is 4. The predicted octanol–water partition coefficient (Wildman–Crippen LogP) is 3.87. The number of benzene rings is 1. The number of ether oxygens (including phenoxy) is 1. The van der Waals surface area contributed by atoms with Gasteiger partial charge in [-0.2, -0.15) is 0 Å². The van der Waals surface area contributed by atoms with Crippen molar-refractivity contribution in [3.8, 4) is 17.1 Å². The summed E-state index contributed by atoms with van der Waals surface area (Å²) in [7, 11) is 3.87. The highest BCUT2D eigenvalue weighted by Crippen LogP contribution is 2.25. The van der Waals surface area contributed by atoms with Crippen molar-refractivity contribution >= 4 is 17.0 Å². The summed E-state index contributed by atoms with van der Waals surface area (Å²) in [6, 6.07) is 5.82. The fourth-order valence-electron chi connectivity index (χ4n) is 3.97. The van der Waals surface area contributed by atoms with E-state index in [1.54, 1.807) is 7.11 Å². The van der Waals surface area contributed by atoms with Crippen LogP contribution in [0.2, 0.25) is 0 Å². The maximum atomic E-state index is 5.28. The number of fused-ring (bicyclic) bond motifs is 1. The van der Waals surface area contributed by atoms with Crippen LogP contribution in [0.4, 0.5) is 5.95 Å². The van der Waals surface area contributed by atoms with E-state index in [0.717, 1.165) is 52.7 Å². The van der Waals surface area contributed by atoms with Crippen molar-refractivity contribution < 1.29 is 4.74 Å². The van der Waals surface area contributed by atoms with E-state index in [0.29, 0.717) is 5.95 Å². The van der Waals surface area contributed by atoms with Crippen molar-refractivity contribution in [3.63, 3.8) is 0 Å². The first-order valence-corrected chi connectivity index (χ1v) is 10.4. The van der Waals surface area contributed by atoms with Crippen LogP contribution in [0.1, 0.15) is 31.4 Å². The molecule has 2 aromatic heterocycles. The van der Waals surface area contributed by atoms with Gasteiger partial charge in [-0.25, -0.2) is 15.0 Å². The lowest BCUT2D eigenvalue weighted by Crippen LogP contribution is -2.30. The van der Waals surface area contributed by atoms with Gasteiger partial charge in [0.2, 0.25) is 5.95 Å². The van der Waals surface area contributed by atoms with E-state index in [2.05, 4.69) is 37.2 Å². The van der Waals surface area contributed by atoms with Crippen molar-refractivity contribution in [3.05, 3.63) is 30.1 Å². The lowest BCUT2D eigenvalue weighted by atomic mass is 9.92. The van der Waals surface area contributed by atoms with Crippen LogP contribution in [0.3, 0.4) is 0 Å². The molecule has 7 heteroatoms. The Balaban J connectivity index is 1.35. The largest absolute Gasteiger partial charge is 0.497 e. The van der Waals surface area contributed by atoms with Crippen LogP contribution in [0.5, 0.6) is 5.75 Å². The quantitative estimate of drug-likeness (QED) is 0.592. The molecule has 0 atom stereocenters. The summed E-state index contributed by atoms with van der Waals surface area (Å²) in [5.41, 5.74) is 3.66. The minimum atomic E-state index is 0.687. The molecule has 0 saturated carbocycles. The second-order valence-electron chi connectivity index (χ2n) is 7.98. The number of rotatable bonds is 7. The molecule has 0 amide bonds. The van der Waals surface area contributed by atoms with Gasteiger partial charge in [-0.3, -0.25) is 0 Å². The molecule has 3 heterocycles. The van der Waals surface area contributed by atoms with E-state index in [9.17, 15) is 0 Å². The smallest absolute Gasteiger partial charge is 0.222 e. The lowest BCUT2D eigenvalue weighted by molar-refractivity contribution is 0.211. The number of methoxy groups -OCH3 is 1. The summed E-state index contributed by atoms with van der Waals surface area (Å²) in [6.45, 7) is 5.37. The first-order valence-electron chi connectivity index (χ1n) is 10.4. The van der Waals surface area contributed by atoms with Crippen LogP contribution in [-0.2, 0) is 0 Å². The molecule has 0 aliphatic carbocycles. The van der Waals surface area contributed by atoms with Crippen molar-refractivity contribution in [1.82, 2.24) is 24.8 Å². The number of imidazole rings is 1. The first kappa shape index (κ1) is 19.6. The summed E-state index contributed by atoms with van der Waals surface area (Å²) in [5, 5.41) is 3.37. The second-order valence-corrected chi connectivity index (χ2v) is 7.98. The minimum Gasteiger partial charge on any atom is -0.497 e. The van der Waals surface area contributed by atoms with Gasteiger partial charge in [0, 0.05) is 18.8 Å². The summed E-state index contributed by atoms with van der Waals surface area (Å²) < 4.78 is 5.28. The molecule has 2 N–H and O–H groups in total. The summed E-state index contributed by atoms with van der Waals surface area (Å²) in [5.74, 6) is 3.13. The molecule has 1 saturated heterocycles. The first-order chi connectivity index (χ1) is 14.1. The maximum absolute atomic E-state index is 5.28. The molecule has 1 aromatic carbocycles. The fourth-order valence-corrected chi connectivity index (χ4v) is 3.97. The van der Waals surface area contributed by atoms with Crippen molar-refractivity contribution in [1.29, 1.82) is 0 Å². The Kier molecular flexibility index (Phi) is 5.94. The van der Waals surface area contributed by atoms with E-state index < -0.39 is 0 Å². The minimum absolute atomic E-state index is 0.687. The number of anilines is 1. The predicted molar refractivity (Wildman–Crippen MR) is 116 cm³/mol. The molecular formula is C22H30N6O. The Bertz CT molecular complexity index is 961. The van der Waals surface area contributed by atoms with Gasteiger partial charge in [0.1, 0.15) is 11.6 Å². The highest BCUT2D eigenvalue weighted by atomic mass is 16.5. The van der Waals surface area contributed by atoms with Crippen molar-refractivity contribution in [2.45, 2.75) is 32.6 Å². The van der Waals surface area contributed by atoms with E-state index in [4.69, 9.17) is 4.74 Å². The molecular weight excluding hydrogens is 364 g/mol. The molecule has 7 nitrogen and oxygen atoms in total. The molecule has 0 unspecified atom stereocenters. The number of hydrogen-bond acceptors (Lipinski definition) is 6. The SMILES string of the molecule is COc1ccc2[nH]c(-c3cnc(NCCCC4CCN(C)CC4)nc3C)nc2c1. The Morgan fingerprint density at radius 2 is 2.07 bits per heavy atom. The number of nitrogens with one attached hydrogen (secondary N) is 2. The third-order valence-corrected chi connectivity index (χ3v) is 5.84. The Morgan fingerprint density at radius 1 is 1.24 bits per heavy atom. The summed E-state index contributed by atoms with van der Waals surface area (Å²) in [6.07, 6.45) is 6.93. The standard InChI is InChI=1S/C22H30N6O/c1-15-18(21-26-19-7-6-17(29-3)13-20(19)27-21)14-24-22(25-15)23-10-4-5-16-8-11-28(2)12-9-16/h6-7,13-14,16H,4-5,8-12H2,1-3H3,(H,26,27)(H,23,24,25). The van der Waals surface area contributed by atoms with Gasteiger partial charge in [0.15, 0.2) is 0 Å². The van der Waals surface area contributed by atoms with Crippen LogP contribution in [-0.4, -0.2) is 58.6 Å². The number of aromatic amines is 1. The fraction of sp³-hybridized carbons (Fsp3) is 0.500. The van der Waals surface area contributed by atoms with Gasteiger partial charge < -0.3 is 19.9 Å². The number of aromatic nitrogens is 4. The van der Waals surface area contributed by atoms with Crippen LogP contribution in [0.15, 0.2) is 24.4 Å². The highest BCUT2D eigenvalue weighted by Gasteiger charge is 2.16. The Morgan fingerprint density at radius 3 is 2.83 bits per heavy atom. The van der Waals surface area contributed by atoms with Crippen LogP contribution in [0.25, 0.3) is 22.4 Å². The van der Waals surface area contributed by atoms with Crippen LogP contribution >= 0.6 is 0 Å². The number of hydrogen-bond donors (Lipinski definition) is 2. The van der Waals surface area contributed by atoms with Crippen molar-refractivity contribution in [2.24, 2.45) is 5.92 Å². The molecule has 29 heavy (non-hydrogen) atoms. The zero-order chi connectivity index (χ0) is 20.2. The van der Waals surface area contributed by atoms with Gasteiger partial charge in [0.25, 0.3) is 0 Å². The molecule has 1 aliphatic heterocycles. The Labute approximate surface area is 171 Å². The monoisotopic (exact) mass is 394 g/mol. The number of aryl methyl sites for hydroxylation is 1. The lowest BCUT2D eigenvalue weighted by Gasteiger charge is -2.28. The molecule has 0 radical (unpaired) electrons. The van der Waals surface area contributed by atoms with E-state index in [1.165, 1.54) is 32.4 Å². The molecule has 0 bridgehead atoms. The maximum Gasteiger partial charge on any atom is 0.222 e. The van der Waals surface area contributed by atoms with Gasteiger partial charge in [-0.1, -0.05) is 0 Å².